The predicted molar refractivity (Wildman–Crippen MR) is 65.1 cm³/mol. The van der Waals surface area contributed by atoms with Gasteiger partial charge in [-0.2, -0.15) is 0 Å². The van der Waals surface area contributed by atoms with Gasteiger partial charge in [0.2, 0.25) is 0 Å². The fourth-order valence-electron chi connectivity index (χ4n) is 2.54. The second kappa shape index (κ2) is 5.46. The van der Waals surface area contributed by atoms with Gasteiger partial charge >= 0.3 is 0 Å². The smallest absolute Gasteiger partial charge is 0.0948 e. The highest BCUT2D eigenvalue weighted by atomic mass is 15.1. The quantitative estimate of drug-likeness (QED) is 0.792. The third-order valence-corrected chi connectivity index (χ3v) is 3.47. The Balaban J connectivity index is 2.03. The Morgan fingerprint density at radius 1 is 1.56 bits per heavy atom. The van der Waals surface area contributed by atoms with Crippen molar-refractivity contribution in [2.24, 2.45) is 5.73 Å². The summed E-state index contributed by atoms with van der Waals surface area (Å²) < 4.78 is 2.17. The van der Waals surface area contributed by atoms with Crippen LogP contribution in [0.5, 0.6) is 0 Å². The van der Waals surface area contributed by atoms with Crippen molar-refractivity contribution < 1.29 is 0 Å². The summed E-state index contributed by atoms with van der Waals surface area (Å²) in [5.41, 5.74) is 7.08. The Bertz CT molecular complexity index is 315. The Labute approximate surface area is 97.2 Å². The molecule has 1 saturated carbocycles. The van der Waals surface area contributed by atoms with Gasteiger partial charge in [0.25, 0.3) is 0 Å². The summed E-state index contributed by atoms with van der Waals surface area (Å²) >= 11 is 0. The van der Waals surface area contributed by atoms with E-state index >= 15 is 0 Å². The van der Waals surface area contributed by atoms with E-state index in [1.807, 2.05) is 12.5 Å². The molecule has 4 heteroatoms. The zero-order valence-corrected chi connectivity index (χ0v) is 10.0. The number of nitrogens with zero attached hydrogens (tertiary/aromatic N) is 2. The minimum atomic E-state index is 0.255. The molecule has 1 aromatic rings. The van der Waals surface area contributed by atoms with E-state index in [0.717, 1.165) is 6.54 Å². The number of hydrogen-bond donors (Lipinski definition) is 2. The normalized spacial score (nSPS) is 19.1. The van der Waals surface area contributed by atoms with Gasteiger partial charge in [-0.25, -0.2) is 4.98 Å². The first-order valence-corrected chi connectivity index (χ1v) is 6.31. The molecule has 1 heterocycles. The minimum Gasteiger partial charge on any atom is -0.333 e. The fourth-order valence-corrected chi connectivity index (χ4v) is 2.54. The summed E-state index contributed by atoms with van der Waals surface area (Å²) in [6.07, 6.45) is 9.09. The average Bonchev–Trinajstić information content (AvgIpc) is 2.96. The number of aryl methyl sites for hydroxylation is 1. The van der Waals surface area contributed by atoms with Crippen LogP contribution in [0.1, 0.15) is 44.3 Å². The molecule has 1 aliphatic rings. The van der Waals surface area contributed by atoms with Gasteiger partial charge in [0, 0.05) is 25.3 Å². The van der Waals surface area contributed by atoms with Crippen LogP contribution in [0.4, 0.5) is 0 Å². The van der Waals surface area contributed by atoms with E-state index in [9.17, 15) is 0 Å². The number of rotatable bonds is 5. The van der Waals surface area contributed by atoms with Crippen LogP contribution in [0.25, 0.3) is 0 Å². The molecule has 3 N–H and O–H groups in total. The highest BCUT2D eigenvalue weighted by Gasteiger charge is 2.21. The average molecular weight is 222 g/mol. The number of imidazole rings is 1. The Morgan fingerprint density at radius 3 is 2.94 bits per heavy atom. The van der Waals surface area contributed by atoms with Gasteiger partial charge in [-0.1, -0.05) is 12.8 Å². The highest BCUT2D eigenvalue weighted by Crippen LogP contribution is 2.21. The van der Waals surface area contributed by atoms with E-state index in [4.69, 9.17) is 5.73 Å². The zero-order chi connectivity index (χ0) is 11.4. The van der Waals surface area contributed by atoms with Crippen LogP contribution in [-0.4, -0.2) is 22.1 Å². The lowest BCUT2D eigenvalue weighted by atomic mass is 10.1. The van der Waals surface area contributed by atoms with Crippen LogP contribution in [0, 0.1) is 0 Å². The van der Waals surface area contributed by atoms with Gasteiger partial charge in [-0.3, -0.25) is 0 Å². The lowest BCUT2D eigenvalue weighted by molar-refractivity contribution is 0.427. The van der Waals surface area contributed by atoms with Gasteiger partial charge < -0.3 is 15.6 Å². The van der Waals surface area contributed by atoms with Gasteiger partial charge in [0.05, 0.1) is 18.1 Å². The van der Waals surface area contributed by atoms with Gasteiger partial charge in [-0.05, 0) is 19.8 Å². The molecule has 0 amide bonds. The molecule has 4 nitrogen and oxygen atoms in total. The molecule has 0 spiro atoms. The van der Waals surface area contributed by atoms with Crippen LogP contribution < -0.4 is 11.1 Å². The standard InChI is InChI=1S/C12H22N4/c1-2-16-9-14-8-12(16)11(7-13)15-10-5-3-4-6-10/h8-11,15H,2-7,13H2,1H3. The summed E-state index contributed by atoms with van der Waals surface area (Å²) in [6.45, 7) is 3.73. The molecule has 0 aliphatic heterocycles. The SMILES string of the molecule is CCn1cncc1C(CN)NC1CCCC1. The summed E-state index contributed by atoms with van der Waals surface area (Å²) in [7, 11) is 0. The topological polar surface area (TPSA) is 55.9 Å². The first-order valence-electron chi connectivity index (χ1n) is 6.31. The van der Waals surface area contributed by atoms with Crippen LogP contribution in [0.15, 0.2) is 12.5 Å². The van der Waals surface area contributed by atoms with E-state index < -0.39 is 0 Å². The fraction of sp³-hybridized carbons (Fsp3) is 0.750. The van der Waals surface area contributed by atoms with E-state index in [-0.39, 0.29) is 6.04 Å². The summed E-state index contributed by atoms with van der Waals surface area (Å²) in [5, 5.41) is 3.66. The molecule has 1 aromatic heterocycles. The van der Waals surface area contributed by atoms with Gasteiger partial charge in [0.15, 0.2) is 0 Å². The van der Waals surface area contributed by atoms with Crippen molar-refractivity contribution in [3.63, 3.8) is 0 Å². The molecular weight excluding hydrogens is 200 g/mol. The Hall–Kier alpha value is -0.870. The molecule has 1 fully saturated rings. The minimum absolute atomic E-state index is 0.255. The van der Waals surface area contributed by atoms with Crippen LogP contribution in [0.2, 0.25) is 0 Å². The van der Waals surface area contributed by atoms with Crippen LogP contribution in [-0.2, 0) is 6.54 Å². The summed E-state index contributed by atoms with van der Waals surface area (Å²) in [6, 6.07) is 0.902. The molecule has 1 unspecified atom stereocenters. The maximum absolute atomic E-state index is 5.86. The zero-order valence-electron chi connectivity index (χ0n) is 10.0. The van der Waals surface area contributed by atoms with Crippen LogP contribution >= 0.6 is 0 Å². The van der Waals surface area contributed by atoms with Crippen molar-refractivity contribution in [1.29, 1.82) is 0 Å². The van der Waals surface area contributed by atoms with E-state index in [1.165, 1.54) is 31.4 Å². The molecule has 0 aromatic carbocycles. The molecular formula is C12H22N4. The molecule has 1 atom stereocenters. The van der Waals surface area contributed by atoms with Crippen molar-refractivity contribution in [2.45, 2.75) is 51.2 Å². The van der Waals surface area contributed by atoms with Crippen molar-refractivity contribution in [1.82, 2.24) is 14.9 Å². The molecule has 1 aliphatic carbocycles. The molecule has 0 saturated heterocycles. The van der Waals surface area contributed by atoms with E-state index in [0.29, 0.717) is 12.6 Å². The maximum Gasteiger partial charge on any atom is 0.0948 e. The van der Waals surface area contributed by atoms with Crippen molar-refractivity contribution in [3.05, 3.63) is 18.2 Å². The van der Waals surface area contributed by atoms with E-state index in [2.05, 4.69) is 21.8 Å². The lowest BCUT2D eigenvalue weighted by Crippen LogP contribution is -2.36. The third kappa shape index (κ3) is 2.44. The second-order valence-corrected chi connectivity index (χ2v) is 4.54. The Morgan fingerprint density at radius 2 is 2.31 bits per heavy atom. The highest BCUT2D eigenvalue weighted by molar-refractivity contribution is 5.06. The largest absolute Gasteiger partial charge is 0.333 e. The first kappa shape index (κ1) is 11.6. The molecule has 2 rings (SSSR count). The predicted octanol–water partition coefficient (Wildman–Crippen LogP) is 1.43. The van der Waals surface area contributed by atoms with Crippen LogP contribution in [0.3, 0.4) is 0 Å². The monoisotopic (exact) mass is 222 g/mol. The van der Waals surface area contributed by atoms with Crippen molar-refractivity contribution in [2.75, 3.05) is 6.54 Å². The van der Waals surface area contributed by atoms with Crippen molar-refractivity contribution in [3.8, 4) is 0 Å². The number of hydrogen-bond acceptors (Lipinski definition) is 3. The maximum atomic E-state index is 5.86. The van der Waals surface area contributed by atoms with Gasteiger partial charge in [-0.15, -0.1) is 0 Å². The molecule has 0 bridgehead atoms. The molecule has 16 heavy (non-hydrogen) atoms. The van der Waals surface area contributed by atoms with Crippen molar-refractivity contribution >= 4 is 0 Å². The number of nitrogens with one attached hydrogen (secondary N) is 1. The Kier molecular flexibility index (Phi) is 3.96. The molecule has 0 radical (unpaired) electrons. The lowest BCUT2D eigenvalue weighted by Gasteiger charge is -2.22. The summed E-state index contributed by atoms with van der Waals surface area (Å²) in [4.78, 5) is 4.20. The first-order chi connectivity index (χ1) is 7.85. The third-order valence-electron chi connectivity index (χ3n) is 3.47. The summed E-state index contributed by atoms with van der Waals surface area (Å²) in [5.74, 6) is 0. The number of aromatic nitrogens is 2. The van der Waals surface area contributed by atoms with E-state index in [1.54, 1.807) is 0 Å². The van der Waals surface area contributed by atoms with Gasteiger partial charge in [0.1, 0.15) is 0 Å². The second-order valence-electron chi connectivity index (χ2n) is 4.54. The number of nitrogens with two attached hydrogens (primary N) is 1. The molecule has 90 valence electrons.